The summed E-state index contributed by atoms with van der Waals surface area (Å²) in [7, 11) is 4.20. The maximum atomic E-state index is 6.47. The number of aromatic nitrogens is 1. The van der Waals surface area contributed by atoms with Crippen LogP contribution < -0.4 is 10.6 Å². The molecule has 1 saturated heterocycles. The second-order valence-corrected chi connectivity index (χ2v) is 20.4. The Labute approximate surface area is 355 Å². The van der Waals surface area contributed by atoms with E-state index in [1.165, 1.54) is 96.1 Å². The molecule has 0 bridgehead atoms. The Bertz CT molecular complexity index is 1830. The molecule has 318 valence electrons. The third-order valence-electron chi connectivity index (χ3n) is 14.0. The largest absolute Gasteiger partial charge is 0.377 e. The van der Waals surface area contributed by atoms with Crippen LogP contribution in [0.3, 0.4) is 0 Å². The predicted molar refractivity (Wildman–Crippen MR) is 252 cm³/mol. The van der Waals surface area contributed by atoms with Crippen LogP contribution in [-0.2, 0) is 25.9 Å². The van der Waals surface area contributed by atoms with Crippen LogP contribution >= 0.6 is 0 Å². The number of fused-ring (bicyclic) bond motifs is 2. The lowest BCUT2D eigenvalue weighted by Gasteiger charge is -2.40. The van der Waals surface area contributed by atoms with Gasteiger partial charge in [0.25, 0.3) is 0 Å². The molecule has 3 unspecified atom stereocenters. The Morgan fingerprint density at radius 1 is 0.948 bits per heavy atom. The lowest BCUT2D eigenvalue weighted by atomic mass is 9.82. The Morgan fingerprint density at radius 3 is 2.19 bits per heavy atom. The summed E-state index contributed by atoms with van der Waals surface area (Å²) in [6.07, 6.45) is 22.2. The van der Waals surface area contributed by atoms with E-state index in [1.807, 2.05) is 0 Å². The highest BCUT2D eigenvalue weighted by molar-refractivity contribution is 5.84. The van der Waals surface area contributed by atoms with Gasteiger partial charge in [0.2, 0.25) is 0 Å². The summed E-state index contributed by atoms with van der Waals surface area (Å²) in [6, 6.07) is 7.13. The molecule has 0 spiro atoms. The van der Waals surface area contributed by atoms with Gasteiger partial charge in [-0.15, -0.1) is 0 Å². The maximum absolute atomic E-state index is 6.47. The number of benzene rings is 1. The van der Waals surface area contributed by atoms with Crippen molar-refractivity contribution in [3.8, 4) is 11.1 Å². The monoisotopic (exact) mass is 788 g/mol. The molecule has 5 aliphatic rings. The molecule has 2 aliphatic heterocycles. The normalized spacial score (nSPS) is 25.2. The van der Waals surface area contributed by atoms with E-state index in [2.05, 4.69) is 147 Å². The number of hydrogen-bond acceptors (Lipinski definition) is 5. The number of anilines is 1. The van der Waals surface area contributed by atoms with E-state index in [9.17, 15) is 0 Å². The van der Waals surface area contributed by atoms with Gasteiger partial charge in [-0.1, -0.05) is 150 Å². The van der Waals surface area contributed by atoms with Crippen molar-refractivity contribution in [3.05, 3.63) is 106 Å². The molecule has 2 N–H and O–H groups in total. The molecule has 2 fully saturated rings. The number of piperidine rings is 1. The SMILES string of the molecule is C=C1/C=C\C=C/C/C(C(=C)N2CCc3cc(-c4c(CN)nc5c(c4N4CCC(C)(C)CC4)CCC5C)ccc3C2)=C\1N(C)C.CC1CCCCC1C.CCC(C)(C)C. The number of rotatable bonds is 6. The fraction of sp³-hybridized carbons (Fsp3) is 0.604. The third kappa shape index (κ3) is 11.2. The van der Waals surface area contributed by atoms with Crippen molar-refractivity contribution in [3.63, 3.8) is 0 Å². The number of nitrogens with two attached hydrogens (primary N) is 1. The van der Waals surface area contributed by atoms with Crippen molar-refractivity contribution in [2.75, 3.05) is 38.6 Å². The quantitative estimate of drug-likeness (QED) is 0.316. The Hall–Kier alpha value is -3.57. The minimum atomic E-state index is 0.401. The first-order valence-corrected chi connectivity index (χ1v) is 22.9. The highest BCUT2D eigenvalue weighted by Crippen LogP contribution is 2.47. The summed E-state index contributed by atoms with van der Waals surface area (Å²) in [5.74, 6) is 2.50. The van der Waals surface area contributed by atoms with Crippen molar-refractivity contribution < 1.29 is 0 Å². The van der Waals surface area contributed by atoms with E-state index in [0.29, 0.717) is 23.3 Å². The first-order valence-electron chi connectivity index (χ1n) is 22.9. The summed E-state index contributed by atoms with van der Waals surface area (Å²) in [4.78, 5) is 12.6. The second kappa shape index (κ2) is 19.7. The van der Waals surface area contributed by atoms with Gasteiger partial charge < -0.3 is 20.4 Å². The van der Waals surface area contributed by atoms with Crippen LogP contribution in [-0.4, -0.2) is 48.5 Å². The van der Waals surface area contributed by atoms with Crippen LogP contribution in [0.4, 0.5) is 5.69 Å². The van der Waals surface area contributed by atoms with Crippen LogP contribution in [0.15, 0.2) is 78.2 Å². The van der Waals surface area contributed by atoms with Crippen LogP contribution in [0.2, 0.25) is 0 Å². The number of likely N-dealkylation sites (N-methyl/N-ethyl adjacent to an activating group) is 1. The Morgan fingerprint density at radius 2 is 1.60 bits per heavy atom. The van der Waals surface area contributed by atoms with E-state index in [0.717, 1.165) is 79.9 Å². The number of nitrogens with zero attached hydrogens (tertiary/aromatic N) is 4. The first kappa shape index (κ1) is 45.5. The molecule has 1 aromatic heterocycles. The zero-order chi connectivity index (χ0) is 42.4. The topological polar surface area (TPSA) is 48.6 Å². The van der Waals surface area contributed by atoms with Crippen LogP contribution in [0.25, 0.3) is 11.1 Å². The summed E-state index contributed by atoms with van der Waals surface area (Å²) in [6.45, 7) is 34.3. The van der Waals surface area contributed by atoms with Gasteiger partial charge in [-0.05, 0) is 94.9 Å². The van der Waals surface area contributed by atoms with E-state index >= 15 is 0 Å². The van der Waals surface area contributed by atoms with Gasteiger partial charge in [0.15, 0.2) is 0 Å². The third-order valence-corrected chi connectivity index (χ3v) is 14.0. The molecule has 7 rings (SSSR count). The number of pyridine rings is 1. The zero-order valence-electron chi connectivity index (χ0n) is 38.9. The molecule has 1 saturated carbocycles. The van der Waals surface area contributed by atoms with Crippen molar-refractivity contribution in [2.45, 2.75) is 152 Å². The van der Waals surface area contributed by atoms with E-state index in [1.54, 1.807) is 0 Å². The molecule has 1 aromatic carbocycles. The minimum Gasteiger partial charge on any atom is -0.377 e. The number of allylic oxidation sites excluding steroid dienone is 5. The van der Waals surface area contributed by atoms with Gasteiger partial charge in [-0.2, -0.15) is 0 Å². The van der Waals surface area contributed by atoms with Gasteiger partial charge in [0, 0.05) is 75.0 Å². The van der Waals surface area contributed by atoms with Gasteiger partial charge in [0.05, 0.1) is 11.4 Å². The lowest BCUT2D eigenvalue weighted by molar-refractivity contribution is 0.277. The second-order valence-electron chi connectivity index (χ2n) is 20.4. The average molecular weight is 788 g/mol. The zero-order valence-corrected chi connectivity index (χ0v) is 38.9. The smallest absolute Gasteiger partial charge is 0.0642 e. The molecule has 0 radical (unpaired) electrons. The molecule has 5 nitrogen and oxygen atoms in total. The summed E-state index contributed by atoms with van der Waals surface area (Å²) >= 11 is 0. The molecular formula is C53H81N5. The summed E-state index contributed by atoms with van der Waals surface area (Å²) < 4.78 is 0. The Kier molecular flexibility index (Phi) is 15.4. The molecule has 3 aliphatic carbocycles. The highest BCUT2D eigenvalue weighted by Gasteiger charge is 2.34. The highest BCUT2D eigenvalue weighted by atomic mass is 15.2. The molecule has 2 aromatic rings. The summed E-state index contributed by atoms with van der Waals surface area (Å²) in [5, 5.41) is 0. The van der Waals surface area contributed by atoms with Crippen molar-refractivity contribution in [1.29, 1.82) is 0 Å². The molecule has 5 heteroatoms. The van der Waals surface area contributed by atoms with Crippen molar-refractivity contribution in [1.82, 2.24) is 14.8 Å². The van der Waals surface area contributed by atoms with Crippen molar-refractivity contribution >= 4 is 5.69 Å². The van der Waals surface area contributed by atoms with Crippen LogP contribution in [0, 0.1) is 22.7 Å². The van der Waals surface area contributed by atoms with E-state index in [-0.39, 0.29) is 0 Å². The lowest BCUT2D eigenvalue weighted by Crippen LogP contribution is -2.38. The Balaban J connectivity index is 0.000000388. The number of hydrogen-bond donors (Lipinski definition) is 1. The van der Waals surface area contributed by atoms with Gasteiger partial charge in [0.1, 0.15) is 0 Å². The molecule has 3 heterocycles. The minimum absolute atomic E-state index is 0.401. The summed E-state index contributed by atoms with van der Waals surface area (Å²) in [5.41, 5.74) is 22.6. The molecule has 0 amide bonds. The van der Waals surface area contributed by atoms with Crippen LogP contribution in [0.1, 0.15) is 154 Å². The van der Waals surface area contributed by atoms with Gasteiger partial charge in [-0.3, -0.25) is 4.98 Å². The first-order chi connectivity index (χ1) is 27.4. The maximum Gasteiger partial charge on any atom is 0.0642 e. The molecule has 3 atom stereocenters. The average Bonchev–Trinajstić information content (AvgIpc) is 3.55. The fourth-order valence-corrected chi connectivity index (χ4v) is 9.21. The van der Waals surface area contributed by atoms with Gasteiger partial charge in [-0.25, -0.2) is 0 Å². The standard InChI is InChI=1S/C39H51N5.C8H16.C6H14/c1-26-13-16-33-36(26)41-34(24-40)35(38(33)43-21-18-39(4,5)19-22-43)30-14-15-31-25-44(20-17-29(31)23-30)28(3)32-12-10-8-9-11-27(2)37(32)42(6)7;1-7-5-3-4-6-8(7)2;1-5-6(2,3)4/h8-11,14-15,23,26H,2-3,12-13,16-22,24-25,40H2,1,4-7H3;7-8H,3-6H2,1-2H3;5H2,1-4H3/b10-8-,11-9-,37-32-;;. The van der Waals surface area contributed by atoms with E-state index < -0.39 is 0 Å². The molecule has 58 heavy (non-hydrogen) atoms. The molecular weight excluding hydrogens is 707 g/mol. The van der Waals surface area contributed by atoms with E-state index in [4.69, 9.17) is 10.7 Å². The fourth-order valence-electron chi connectivity index (χ4n) is 9.21. The van der Waals surface area contributed by atoms with Gasteiger partial charge >= 0.3 is 0 Å². The predicted octanol–water partition coefficient (Wildman–Crippen LogP) is 12.9. The van der Waals surface area contributed by atoms with Crippen LogP contribution in [0.5, 0.6) is 0 Å². The van der Waals surface area contributed by atoms with Crippen molar-refractivity contribution in [2.24, 2.45) is 28.4 Å².